The minimum atomic E-state index is -0.827. The molecule has 8 heterocycles. The van der Waals surface area contributed by atoms with Crippen LogP contribution >= 0.6 is 11.3 Å². The number of likely N-dealkylation sites (tertiary alicyclic amines) is 1. The topological polar surface area (TPSA) is 198 Å². The van der Waals surface area contributed by atoms with Crippen LogP contribution < -0.4 is 25.6 Å². The number of thiazole rings is 1. The van der Waals surface area contributed by atoms with Crippen molar-refractivity contribution in [3.63, 3.8) is 0 Å². The number of benzene rings is 3. The second-order valence-electron chi connectivity index (χ2n) is 25.2. The van der Waals surface area contributed by atoms with Crippen LogP contribution in [0.3, 0.4) is 0 Å². The Morgan fingerprint density at radius 2 is 1.72 bits per heavy atom. The summed E-state index contributed by atoms with van der Waals surface area (Å²) in [5.74, 6) is 0.659. The Morgan fingerprint density at radius 1 is 0.953 bits per heavy atom. The van der Waals surface area contributed by atoms with Gasteiger partial charge in [0.1, 0.15) is 47.3 Å². The molecule has 448 valence electrons. The molecule has 5 aliphatic rings. The van der Waals surface area contributed by atoms with Gasteiger partial charge in [-0.2, -0.15) is 9.97 Å². The maximum absolute atomic E-state index is 17.3. The largest absolute Gasteiger partial charge is 0.508 e. The number of carbonyl (C=O) groups excluding carboxylic acids is 4. The molecule has 0 saturated carbocycles. The molecule has 85 heavy (non-hydrogen) atoms. The van der Waals surface area contributed by atoms with Crippen LogP contribution in [0.5, 0.6) is 11.8 Å². The number of likely N-dealkylation sites (N-methyl/N-ethyl adjacent to an activating group) is 1. The lowest BCUT2D eigenvalue weighted by atomic mass is 9.85. The van der Waals surface area contributed by atoms with E-state index < -0.39 is 29.1 Å². The van der Waals surface area contributed by atoms with Crippen LogP contribution in [0.4, 0.5) is 14.6 Å². The molecular weight excluding hydrogens is 1100 g/mol. The van der Waals surface area contributed by atoms with Crippen LogP contribution in [-0.4, -0.2) is 145 Å². The molecule has 4 amide bonds. The van der Waals surface area contributed by atoms with Gasteiger partial charge in [0.15, 0.2) is 5.82 Å². The van der Waals surface area contributed by atoms with E-state index in [1.807, 2.05) is 76.3 Å². The number of phenolic OH excluding ortho intramolecular Hbond substituents is 1. The van der Waals surface area contributed by atoms with Crippen LogP contribution in [0.1, 0.15) is 134 Å². The third-order valence-electron chi connectivity index (χ3n) is 18.4. The highest BCUT2D eigenvalue weighted by atomic mass is 32.1. The van der Waals surface area contributed by atoms with Gasteiger partial charge in [0.25, 0.3) is 0 Å². The highest BCUT2D eigenvalue weighted by molar-refractivity contribution is 7.13. The zero-order chi connectivity index (χ0) is 59.9. The lowest BCUT2D eigenvalue weighted by Gasteiger charge is -2.36. The van der Waals surface area contributed by atoms with Gasteiger partial charge in [0.2, 0.25) is 23.6 Å². The van der Waals surface area contributed by atoms with Crippen molar-refractivity contribution in [1.29, 1.82) is 0 Å². The van der Waals surface area contributed by atoms with Crippen LogP contribution in [0.15, 0.2) is 60.2 Å². The fraction of sp³-hybridized carbons (Fsp3) is 0.508. The van der Waals surface area contributed by atoms with Crippen LogP contribution in [0.25, 0.3) is 43.4 Å². The van der Waals surface area contributed by atoms with Crippen molar-refractivity contribution in [2.24, 2.45) is 5.41 Å². The number of nitrogens with zero attached hydrogens (tertiary/aromatic N) is 8. The Morgan fingerprint density at radius 3 is 2.45 bits per heavy atom. The van der Waals surface area contributed by atoms with Gasteiger partial charge in [-0.15, -0.1) is 17.8 Å². The van der Waals surface area contributed by atoms with Crippen molar-refractivity contribution in [2.45, 2.75) is 160 Å². The number of unbranched alkanes of at least 4 members (excludes halogenated alkanes) is 2. The number of rotatable bonds is 19. The van der Waals surface area contributed by atoms with Crippen LogP contribution in [0.2, 0.25) is 0 Å². The number of halogens is 2. The number of piperazine rings is 1. The summed E-state index contributed by atoms with van der Waals surface area (Å²) in [6, 6.07) is 12.5. The Hall–Kier alpha value is -7.34. The van der Waals surface area contributed by atoms with E-state index in [0.29, 0.717) is 81.3 Å². The number of amides is 4. The molecular formula is C65H77F2N11O6S. The van der Waals surface area contributed by atoms with Gasteiger partial charge in [0, 0.05) is 81.3 Å². The van der Waals surface area contributed by atoms with E-state index in [2.05, 4.69) is 41.6 Å². The number of terminal acetylenes is 1. The van der Waals surface area contributed by atoms with Crippen molar-refractivity contribution in [3.05, 3.63) is 88.7 Å². The van der Waals surface area contributed by atoms with Crippen molar-refractivity contribution in [2.75, 3.05) is 51.3 Å². The number of ether oxygens (including phenoxy) is 1. The summed E-state index contributed by atoms with van der Waals surface area (Å²) in [4.78, 5) is 83.0. The number of carbonyl (C=O) groups is 4. The maximum atomic E-state index is 17.3. The van der Waals surface area contributed by atoms with E-state index in [9.17, 15) is 24.3 Å². The number of anilines is 1. The first-order chi connectivity index (χ1) is 40.8. The summed E-state index contributed by atoms with van der Waals surface area (Å²) in [7, 11) is 1.85. The summed E-state index contributed by atoms with van der Waals surface area (Å²) in [6.07, 6.45) is 16.5. The zero-order valence-electron chi connectivity index (χ0n) is 49.5. The quantitative estimate of drug-likeness (QED) is 0.0443. The molecule has 0 spiro atoms. The van der Waals surface area contributed by atoms with Crippen LogP contribution in [0, 0.1) is 36.3 Å². The van der Waals surface area contributed by atoms with Crippen molar-refractivity contribution >= 4 is 62.5 Å². The molecule has 0 aliphatic carbocycles. The number of nitrogens with one attached hydrogen (secondary N) is 3. The predicted octanol–water partition coefficient (Wildman–Crippen LogP) is 9.37. The van der Waals surface area contributed by atoms with Gasteiger partial charge in [-0.05, 0) is 125 Å². The van der Waals surface area contributed by atoms with Gasteiger partial charge in [-0.25, -0.2) is 13.8 Å². The molecule has 3 aromatic heterocycles. The molecule has 3 aromatic carbocycles. The normalized spacial score (nSPS) is 21.9. The molecule has 20 heteroatoms. The number of aromatic nitrogens is 4. The first-order valence-electron chi connectivity index (χ1n) is 30.1. The first kappa shape index (κ1) is 59.4. The molecule has 0 radical (unpaired) electrons. The number of hydrogen-bond donors (Lipinski definition) is 4. The van der Waals surface area contributed by atoms with Crippen molar-refractivity contribution in [3.8, 4) is 45.8 Å². The Balaban J connectivity index is 0.679. The van der Waals surface area contributed by atoms with Crippen molar-refractivity contribution < 1.29 is 37.8 Å². The number of aromatic hydroxyl groups is 1. The Bertz CT molecular complexity index is 3560. The van der Waals surface area contributed by atoms with E-state index >= 15 is 8.78 Å². The SMILES string of the molecule is C#Cc1c(F)ccc2cc(O)cc(-c3ncc4c(N5CC6CCC(C5)N6)nc(OC[C@]56CCCN5[C@H](CN(C)C(=O)CCCCCC(=O)N[C@H](C(=O)N5CCC[C@H]5C(=O)N[C@@H](C)c5ccc(-c7scnc7C)cc5)C(C)(C)C)CC6)nc4c3F)c12. The summed E-state index contributed by atoms with van der Waals surface area (Å²) < 4.78 is 39.1. The fourth-order valence-electron chi connectivity index (χ4n) is 13.8. The smallest absolute Gasteiger partial charge is 0.319 e. The summed E-state index contributed by atoms with van der Waals surface area (Å²) in [5.41, 5.74) is 3.80. The minimum absolute atomic E-state index is 0.0113. The number of phenols is 1. The van der Waals surface area contributed by atoms with Gasteiger partial charge >= 0.3 is 6.01 Å². The van der Waals surface area contributed by atoms with Gasteiger partial charge < -0.3 is 40.5 Å². The van der Waals surface area contributed by atoms with E-state index in [1.165, 1.54) is 30.5 Å². The predicted molar refractivity (Wildman–Crippen MR) is 325 cm³/mol. The molecule has 7 atom stereocenters. The maximum Gasteiger partial charge on any atom is 0.319 e. The third kappa shape index (κ3) is 12.3. The fourth-order valence-corrected chi connectivity index (χ4v) is 14.6. The lowest BCUT2D eigenvalue weighted by Crippen LogP contribution is -2.57. The molecule has 6 aromatic rings. The molecule has 11 rings (SSSR count). The standard InChI is InChI=1S/C65H77F2N11O6S/c1-8-47-50(66)24-21-42-30-46(79)31-48(54(42)47)56-55(67)57-49(32-68-56)60(76-33-43-22-23-44(34-76)71-43)74-63(73-57)84-36-65-26-13-29-78(65)45(25-27-65)35-75(7)53(81)16-11-9-10-15-52(80)72-59(64(4,5)6)62(83)77-28-12-14-51(77)61(82)70-38(2)40-17-19-41(20-18-40)58-39(3)69-37-85-58/h1,17-21,24,30-32,37-38,43-45,51,59,71,79H,9-16,22-23,25-29,33-36H2,2-7H3,(H,70,82)(H,72,80)/t38-,43?,44?,45-,51-,59+,65+/m0/s1. The number of pyridine rings is 1. The molecule has 2 unspecified atom stereocenters. The number of hydrogen-bond acceptors (Lipinski definition) is 14. The molecule has 2 bridgehead atoms. The molecule has 5 aliphatic heterocycles. The number of aryl methyl sites for hydroxylation is 1. The van der Waals surface area contributed by atoms with Gasteiger partial charge in [-0.1, -0.05) is 63.4 Å². The van der Waals surface area contributed by atoms with E-state index in [4.69, 9.17) is 21.1 Å². The second-order valence-corrected chi connectivity index (χ2v) is 26.1. The summed E-state index contributed by atoms with van der Waals surface area (Å²) in [5, 5.41) is 21.7. The molecule has 4 N–H and O–H groups in total. The first-order valence-corrected chi connectivity index (χ1v) is 31.0. The van der Waals surface area contributed by atoms with E-state index in [-0.39, 0.29) is 106 Å². The number of fused-ring (bicyclic) bond motifs is 5. The van der Waals surface area contributed by atoms with Gasteiger partial charge in [0.05, 0.1) is 38.6 Å². The Labute approximate surface area is 499 Å². The van der Waals surface area contributed by atoms with Crippen LogP contribution in [-0.2, 0) is 19.2 Å². The zero-order valence-corrected chi connectivity index (χ0v) is 50.3. The lowest BCUT2D eigenvalue weighted by molar-refractivity contribution is -0.144. The van der Waals surface area contributed by atoms with E-state index in [1.54, 1.807) is 16.2 Å². The average Bonchev–Trinajstić information content (AvgIpc) is 2.17. The molecule has 5 saturated heterocycles. The average molecular weight is 1180 g/mol. The minimum Gasteiger partial charge on any atom is -0.508 e. The van der Waals surface area contributed by atoms with Crippen molar-refractivity contribution in [1.82, 2.24) is 50.6 Å². The van der Waals surface area contributed by atoms with Gasteiger partial charge in [-0.3, -0.25) is 29.1 Å². The Kier molecular flexibility index (Phi) is 17.2. The van der Waals surface area contributed by atoms with E-state index in [0.717, 1.165) is 66.8 Å². The highest BCUT2D eigenvalue weighted by Gasteiger charge is 2.50. The molecule has 5 fully saturated rings. The third-order valence-corrected chi connectivity index (χ3v) is 19.3. The molecule has 17 nitrogen and oxygen atoms in total. The summed E-state index contributed by atoms with van der Waals surface area (Å²) >= 11 is 1.59. The highest BCUT2D eigenvalue weighted by Crippen LogP contribution is 2.44. The second kappa shape index (κ2) is 24.6. The monoisotopic (exact) mass is 1180 g/mol. The summed E-state index contributed by atoms with van der Waals surface area (Å²) in [6.45, 7) is 13.1.